The summed E-state index contributed by atoms with van der Waals surface area (Å²) in [5.74, 6) is 1.02. The molecule has 0 N–H and O–H groups in total. The Labute approximate surface area is 152 Å². The number of imidazole rings is 1. The Morgan fingerprint density at radius 1 is 1.38 bits per heavy atom. The molecule has 6 heteroatoms. The van der Waals surface area contributed by atoms with Crippen LogP contribution < -0.4 is 0 Å². The molecule has 0 radical (unpaired) electrons. The SMILES string of the molecule is Cc1nccn1[C@H]1CCCN(C(=O)c2cn(CC#N)c3ccccc23)C1. The number of likely N-dealkylation sites (tertiary alicyclic amines) is 1. The Bertz CT molecular complexity index is 993. The Morgan fingerprint density at radius 2 is 2.23 bits per heavy atom. The van der Waals surface area contributed by atoms with Crippen LogP contribution in [-0.4, -0.2) is 38.0 Å². The number of aryl methyl sites for hydroxylation is 1. The lowest BCUT2D eigenvalue weighted by atomic mass is 10.0. The number of carbonyl (C=O) groups is 1. The first-order valence-electron chi connectivity index (χ1n) is 8.92. The van der Waals surface area contributed by atoms with Crippen molar-refractivity contribution in [3.05, 3.63) is 54.2 Å². The third-order valence-corrected chi connectivity index (χ3v) is 5.20. The van der Waals surface area contributed by atoms with E-state index in [-0.39, 0.29) is 18.5 Å². The number of hydrogen-bond acceptors (Lipinski definition) is 3. The van der Waals surface area contributed by atoms with Gasteiger partial charge in [0.05, 0.1) is 17.7 Å². The summed E-state index contributed by atoms with van der Waals surface area (Å²) in [7, 11) is 0. The highest BCUT2D eigenvalue weighted by Gasteiger charge is 2.27. The minimum absolute atomic E-state index is 0.0420. The number of nitriles is 1. The number of amides is 1. The zero-order valence-electron chi connectivity index (χ0n) is 14.8. The topological polar surface area (TPSA) is 66.8 Å². The summed E-state index contributed by atoms with van der Waals surface area (Å²) in [6, 6.07) is 10.2. The van der Waals surface area contributed by atoms with Crippen molar-refractivity contribution >= 4 is 16.8 Å². The Morgan fingerprint density at radius 3 is 3.00 bits per heavy atom. The van der Waals surface area contributed by atoms with Gasteiger partial charge in [0, 0.05) is 42.6 Å². The highest BCUT2D eigenvalue weighted by atomic mass is 16.2. The molecule has 1 amide bonds. The first kappa shape index (κ1) is 16.4. The zero-order chi connectivity index (χ0) is 18.1. The predicted molar refractivity (Wildman–Crippen MR) is 98.7 cm³/mol. The largest absolute Gasteiger partial charge is 0.337 e. The van der Waals surface area contributed by atoms with Crippen molar-refractivity contribution in [3.8, 4) is 6.07 Å². The van der Waals surface area contributed by atoms with Gasteiger partial charge in [-0.05, 0) is 25.8 Å². The number of piperidine rings is 1. The van der Waals surface area contributed by atoms with Crippen molar-refractivity contribution in [3.63, 3.8) is 0 Å². The summed E-state index contributed by atoms with van der Waals surface area (Å²) >= 11 is 0. The summed E-state index contributed by atoms with van der Waals surface area (Å²) in [5.41, 5.74) is 1.61. The number of rotatable bonds is 3. The molecule has 2 aromatic heterocycles. The van der Waals surface area contributed by atoms with Gasteiger partial charge in [0.15, 0.2) is 0 Å². The summed E-state index contributed by atoms with van der Waals surface area (Å²) in [6.07, 6.45) is 7.66. The van der Waals surface area contributed by atoms with Crippen molar-refractivity contribution in [1.82, 2.24) is 19.0 Å². The standard InChI is InChI=1S/C20H21N5O/c1-15-22-9-12-25(15)16-5-4-10-24(13-16)20(26)18-14-23(11-8-21)19-7-3-2-6-17(18)19/h2-3,6-7,9,12,14,16H,4-5,10-11,13H2,1H3/t16-/m0/s1. The van der Waals surface area contributed by atoms with Gasteiger partial charge in [-0.25, -0.2) is 4.98 Å². The average Bonchev–Trinajstić information content (AvgIpc) is 3.26. The minimum Gasteiger partial charge on any atom is -0.337 e. The highest BCUT2D eigenvalue weighted by Crippen LogP contribution is 2.27. The molecule has 1 aromatic carbocycles. The van der Waals surface area contributed by atoms with E-state index < -0.39 is 0 Å². The van der Waals surface area contributed by atoms with Crippen LogP contribution in [0.3, 0.4) is 0 Å². The molecule has 0 aliphatic carbocycles. The van der Waals surface area contributed by atoms with Gasteiger partial charge in [0.2, 0.25) is 0 Å². The lowest BCUT2D eigenvalue weighted by Gasteiger charge is -2.34. The van der Waals surface area contributed by atoms with Crippen LogP contribution in [0.25, 0.3) is 10.9 Å². The van der Waals surface area contributed by atoms with Crippen LogP contribution in [0.15, 0.2) is 42.9 Å². The molecule has 26 heavy (non-hydrogen) atoms. The van der Waals surface area contributed by atoms with Crippen LogP contribution in [0.2, 0.25) is 0 Å². The van der Waals surface area contributed by atoms with Crippen LogP contribution >= 0.6 is 0 Å². The number of carbonyl (C=O) groups excluding carboxylic acids is 1. The van der Waals surface area contributed by atoms with E-state index in [1.54, 1.807) is 0 Å². The van der Waals surface area contributed by atoms with Crippen molar-refractivity contribution < 1.29 is 4.79 Å². The lowest BCUT2D eigenvalue weighted by molar-refractivity contribution is 0.0680. The van der Waals surface area contributed by atoms with Gasteiger partial charge in [-0.3, -0.25) is 4.79 Å². The summed E-state index contributed by atoms with van der Waals surface area (Å²) in [4.78, 5) is 19.5. The minimum atomic E-state index is 0.0420. The van der Waals surface area contributed by atoms with Gasteiger partial charge in [0.25, 0.3) is 5.91 Å². The number of hydrogen-bond donors (Lipinski definition) is 0. The summed E-state index contributed by atoms with van der Waals surface area (Å²) in [6.45, 7) is 3.69. The molecule has 6 nitrogen and oxygen atoms in total. The first-order chi connectivity index (χ1) is 12.7. The van der Waals surface area contributed by atoms with Crippen molar-refractivity contribution in [2.75, 3.05) is 13.1 Å². The van der Waals surface area contributed by atoms with Crippen LogP contribution in [0.1, 0.15) is 35.1 Å². The summed E-state index contributed by atoms with van der Waals surface area (Å²) in [5, 5.41) is 9.98. The van der Waals surface area contributed by atoms with E-state index >= 15 is 0 Å². The van der Waals surface area contributed by atoms with E-state index in [2.05, 4.69) is 15.6 Å². The normalized spacial score (nSPS) is 17.4. The average molecular weight is 347 g/mol. The number of fused-ring (bicyclic) bond motifs is 1. The van der Waals surface area contributed by atoms with E-state index in [0.29, 0.717) is 12.1 Å². The van der Waals surface area contributed by atoms with Crippen LogP contribution in [0.4, 0.5) is 0 Å². The lowest BCUT2D eigenvalue weighted by Crippen LogP contribution is -2.40. The summed E-state index contributed by atoms with van der Waals surface area (Å²) < 4.78 is 4.02. The maximum absolute atomic E-state index is 13.2. The third kappa shape index (κ3) is 2.76. The van der Waals surface area contributed by atoms with Crippen LogP contribution in [0, 0.1) is 18.3 Å². The predicted octanol–water partition coefficient (Wildman–Crippen LogP) is 3.15. The fourth-order valence-electron chi connectivity index (χ4n) is 3.93. The third-order valence-electron chi connectivity index (χ3n) is 5.20. The second-order valence-electron chi connectivity index (χ2n) is 6.77. The second-order valence-corrected chi connectivity index (χ2v) is 6.77. The second kappa shape index (κ2) is 6.68. The molecular formula is C20H21N5O. The molecule has 132 valence electrons. The maximum Gasteiger partial charge on any atom is 0.256 e. The molecule has 1 aliphatic heterocycles. The highest BCUT2D eigenvalue weighted by molar-refractivity contribution is 6.07. The van der Waals surface area contributed by atoms with Crippen molar-refractivity contribution in [2.45, 2.75) is 32.4 Å². The van der Waals surface area contributed by atoms with Crippen LogP contribution in [0.5, 0.6) is 0 Å². The van der Waals surface area contributed by atoms with Gasteiger partial charge in [-0.2, -0.15) is 5.26 Å². The molecule has 1 aliphatic rings. The van der Waals surface area contributed by atoms with Gasteiger partial charge in [-0.15, -0.1) is 0 Å². The fraction of sp³-hybridized carbons (Fsp3) is 0.350. The molecule has 1 atom stereocenters. The van der Waals surface area contributed by atoms with E-state index in [1.807, 2.05) is 59.2 Å². The van der Waals surface area contributed by atoms with E-state index in [4.69, 9.17) is 5.26 Å². The molecule has 0 spiro atoms. The quantitative estimate of drug-likeness (QED) is 0.731. The Kier molecular flexibility index (Phi) is 4.21. The fourth-order valence-corrected chi connectivity index (χ4v) is 3.93. The number of nitrogens with zero attached hydrogens (tertiary/aromatic N) is 5. The molecule has 0 unspecified atom stereocenters. The van der Waals surface area contributed by atoms with Gasteiger partial charge < -0.3 is 14.0 Å². The molecule has 3 aromatic rings. The first-order valence-corrected chi connectivity index (χ1v) is 8.92. The van der Waals surface area contributed by atoms with E-state index in [1.165, 1.54) is 0 Å². The smallest absolute Gasteiger partial charge is 0.256 e. The van der Waals surface area contributed by atoms with Crippen LogP contribution in [-0.2, 0) is 6.54 Å². The Balaban J connectivity index is 1.64. The molecule has 1 saturated heterocycles. The van der Waals surface area contributed by atoms with Gasteiger partial charge in [-0.1, -0.05) is 18.2 Å². The van der Waals surface area contributed by atoms with E-state index in [9.17, 15) is 4.79 Å². The molecule has 1 fully saturated rings. The van der Waals surface area contributed by atoms with Crippen molar-refractivity contribution in [2.24, 2.45) is 0 Å². The molecule has 3 heterocycles. The zero-order valence-corrected chi connectivity index (χ0v) is 14.8. The van der Waals surface area contributed by atoms with Crippen molar-refractivity contribution in [1.29, 1.82) is 5.26 Å². The number of para-hydroxylation sites is 1. The monoisotopic (exact) mass is 347 g/mol. The number of benzene rings is 1. The Hall–Kier alpha value is -3.07. The number of aromatic nitrogens is 3. The molecule has 0 saturated carbocycles. The molecule has 0 bridgehead atoms. The molecule has 4 rings (SSSR count). The molecular weight excluding hydrogens is 326 g/mol. The van der Waals surface area contributed by atoms with Gasteiger partial charge in [0.1, 0.15) is 12.4 Å². The maximum atomic E-state index is 13.2. The van der Waals surface area contributed by atoms with E-state index in [0.717, 1.165) is 36.1 Å². The van der Waals surface area contributed by atoms with Gasteiger partial charge >= 0.3 is 0 Å².